The summed E-state index contributed by atoms with van der Waals surface area (Å²) in [6.07, 6.45) is 2.56. The van der Waals surface area contributed by atoms with Gasteiger partial charge in [-0.15, -0.1) is 11.8 Å². The van der Waals surface area contributed by atoms with Crippen LogP contribution in [0.3, 0.4) is 0 Å². The van der Waals surface area contributed by atoms with E-state index in [1.165, 1.54) is 9.80 Å². The van der Waals surface area contributed by atoms with E-state index in [2.05, 4.69) is 17.4 Å². The third kappa shape index (κ3) is 6.62. The van der Waals surface area contributed by atoms with Gasteiger partial charge in [0.2, 0.25) is 5.91 Å². The Kier molecular flexibility index (Phi) is 7.42. The second kappa shape index (κ2) is 9.57. The van der Waals surface area contributed by atoms with Crippen molar-refractivity contribution in [3.63, 3.8) is 0 Å². The molecule has 0 saturated carbocycles. The highest BCUT2D eigenvalue weighted by Gasteiger charge is 2.26. The zero-order chi connectivity index (χ0) is 16.5. The third-order valence-electron chi connectivity index (χ3n) is 4.16. The molecule has 1 aliphatic heterocycles. The molecule has 1 saturated heterocycles. The van der Waals surface area contributed by atoms with Crippen molar-refractivity contribution in [1.82, 2.24) is 5.32 Å². The zero-order valence-corrected chi connectivity index (χ0v) is 14.2. The van der Waals surface area contributed by atoms with E-state index in [4.69, 9.17) is 5.73 Å². The monoisotopic (exact) mass is 336 g/mol. The summed E-state index contributed by atoms with van der Waals surface area (Å²) < 4.78 is 0. The van der Waals surface area contributed by atoms with Gasteiger partial charge >= 0.3 is 0 Å². The molecule has 23 heavy (non-hydrogen) atoms. The molecule has 6 heteroatoms. The lowest BCUT2D eigenvalue weighted by Gasteiger charge is -2.27. The van der Waals surface area contributed by atoms with E-state index in [0.29, 0.717) is 6.54 Å². The second-order valence-corrected chi connectivity index (χ2v) is 7.14. The van der Waals surface area contributed by atoms with Gasteiger partial charge in [0.25, 0.3) is 5.91 Å². The van der Waals surface area contributed by atoms with Gasteiger partial charge in [-0.3, -0.25) is 9.59 Å². The lowest BCUT2D eigenvalue weighted by atomic mass is 9.96. The molecule has 4 N–H and O–H groups in total. The van der Waals surface area contributed by atoms with Crippen LogP contribution in [0.2, 0.25) is 0 Å². The molecule has 2 amide bonds. The molecule has 0 radical (unpaired) electrons. The molecule has 5 nitrogen and oxygen atoms in total. The molecule has 1 heterocycles. The molecule has 0 aliphatic carbocycles. The molecule has 0 bridgehead atoms. The zero-order valence-electron chi connectivity index (χ0n) is 13.4. The number of benzene rings is 1. The van der Waals surface area contributed by atoms with E-state index < -0.39 is 0 Å². The molecule has 0 unspecified atom stereocenters. The van der Waals surface area contributed by atoms with Gasteiger partial charge < -0.3 is 16.0 Å². The highest BCUT2D eigenvalue weighted by molar-refractivity contribution is 7.99. The first-order valence-corrected chi connectivity index (χ1v) is 9.21. The average molecular weight is 336 g/mol. The second-order valence-electron chi connectivity index (χ2n) is 5.97. The van der Waals surface area contributed by atoms with Crippen molar-refractivity contribution in [3.05, 3.63) is 30.3 Å². The van der Waals surface area contributed by atoms with Crippen molar-refractivity contribution in [2.24, 2.45) is 11.7 Å². The Bertz CT molecular complexity index is 502. The van der Waals surface area contributed by atoms with Crippen molar-refractivity contribution < 1.29 is 14.5 Å². The van der Waals surface area contributed by atoms with Crippen molar-refractivity contribution in [2.75, 3.05) is 31.9 Å². The molecule has 1 aromatic carbocycles. The molecule has 0 atom stereocenters. The Morgan fingerprint density at radius 3 is 2.57 bits per heavy atom. The van der Waals surface area contributed by atoms with Crippen LogP contribution in [0, 0.1) is 5.92 Å². The summed E-state index contributed by atoms with van der Waals surface area (Å²) in [6.45, 7) is 2.92. The molecule has 0 spiro atoms. The summed E-state index contributed by atoms with van der Waals surface area (Å²) >= 11 is 1.81. The first-order chi connectivity index (χ1) is 11.1. The van der Waals surface area contributed by atoms with Gasteiger partial charge in [0, 0.05) is 30.2 Å². The van der Waals surface area contributed by atoms with Crippen molar-refractivity contribution in [1.29, 1.82) is 0 Å². The van der Waals surface area contributed by atoms with Gasteiger partial charge in [-0.05, 0) is 24.3 Å². The number of nitrogens with two attached hydrogens (primary N) is 1. The molecule has 1 aliphatic rings. The van der Waals surface area contributed by atoms with Gasteiger partial charge in [0.05, 0.1) is 13.1 Å². The molecule has 1 aromatic rings. The highest BCUT2D eigenvalue weighted by atomic mass is 32.2. The molecular weight excluding hydrogens is 310 g/mol. The van der Waals surface area contributed by atoms with Crippen LogP contribution >= 0.6 is 11.8 Å². The highest BCUT2D eigenvalue weighted by Crippen LogP contribution is 2.17. The maximum Gasteiger partial charge on any atom is 0.275 e. The van der Waals surface area contributed by atoms with Crippen LogP contribution in [0.25, 0.3) is 0 Å². The molecule has 126 valence electrons. The summed E-state index contributed by atoms with van der Waals surface area (Å²) in [6, 6.07) is 10.3. The number of hydrogen-bond acceptors (Lipinski definition) is 3. The Balaban J connectivity index is 1.53. The van der Waals surface area contributed by atoms with E-state index in [-0.39, 0.29) is 17.7 Å². The van der Waals surface area contributed by atoms with E-state index >= 15 is 0 Å². The number of rotatable bonds is 8. The molecule has 0 aromatic heterocycles. The largest absolute Gasteiger partial charge is 0.369 e. The smallest absolute Gasteiger partial charge is 0.275 e. The number of nitrogens with one attached hydrogen (secondary N) is 2. The van der Waals surface area contributed by atoms with Crippen molar-refractivity contribution in [3.8, 4) is 0 Å². The Morgan fingerprint density at radius 1 is 1.22 bits per heavy atom. The van der Waals surface area contributed by atoms with Crippen LogP contribution in [-0.2, 0) is 9.59 Å². The van der Waals surface area contributed by atoms with Gasteiger partial charge in [0.15, 0.2) is 6.54 Å². The predicted octanol–water partition coefficient (Wildman–Crippen LogP) is 0.0652. The fourth-order valence-electron chi connectivity index (χ4n) is 2.78. The lowest BCUT2D eigenvalue weighted by Crippen LogP contribution is -3.14. The van der Waals surface area contributed by atoms with Crippen LogP contribution in [-0.4, -0.2) is 43.7 Å². The number of carbonyl (C=O) groups excluding carboxylic acids is 2. The van der Waals surface area contributed by atoms with Crippen molar-refractivity contribution in [2.45, 2.75) is 24.2 Å². The summed E-state index contributed by atoms with van der Waals surface area (Å²) in [5.41, 5.74) is 5.32. The van der Waals surface area contributed by atoms with Gasteiger partial charge in [-0.25, -0.2) is 0 Å². The minimum absolute atomic E-state index is 0.00294. The van der Waals surface area contributed by atoms with Crippen LogP contribution in [0.1, 0.15) is 19.3 Å². The minimum Gasteiger partial charge on any atom is -0.369 e. The quantitative estimate of drug-likeness (QED) is 0.464. The Hall–Kier alpha value is -1.53. The SMILES string of the molecule is NC(=O)C1CC[NH+](CC(=O)NCCCSc2ccccc2)CC1. The van der Waals surface area contributed by atoms with Gasteiger partial charge in [-0.2, -0.15) is 0 Å². The number of likely N-dealkylation sites (tertiary alicyclic amines) is 1. The number of primary amides is 1. The van der Waals surface area contributed by atoms with Gasteiger partial charge in [-0.1, -0.05) is 18.2 Å². The first kappa shape index (κ1) is 17.8. The fourth-order valence-corrected chi connectivity index (χ4v) is 3.66. The fraction of sp³-hybridized carbons (Fsp3) is 0.529. The maximum atomic E-state index is 11.9. The summed E-state index contributed by atoms with van der Waals surface area (Å²) in [5.74, 6) is 0.893. The van der Waals surface area contributed by atoms with E-state index in [1.54, 1.807) is 0 Å². The summed E-state index contributed by atoms with van der Waals surface area (Å²) in [7, 11) is 0. The predicted molar refractivity (Wildman–Crippen MR) is 92.3 cm³/mol. The topological polar surface area (TPSA) is 76.6 Å². The van der Waals surface area contributed by atoms with E-state index in [0.717, 1.165) is 44.6 Å². The van der Waals surface area contributed by atoms with Crippen LogP contribution in [0.4, 0.5) is 0 Å². The van der Waals surface area contributed by atoms with Crippen LogP contribution in [0.15, 0.2) is 35.2 Å². The number of piperidine rings is 1. The van der Waals surface area contributed by atoms with Crippen LogP contribution in [0.5, 0.6) is 0 Å². The van der Waals surface area contributed by atoms with Crippen LogP contribution < -0.4 is 16.0 Å². The number of quaternary nitrogens is 1. The summed E-state index contributed by atoms with van der Waals surface area (Å²) in [5, 5.41) is 2.99. The van der Waals surface area contributed by atoms with Gasteiger partial charge in [0.1, 0.15) is 0 Å². The maximum absolute atomic E-state index is 11.9. The Morgan fingerprint density at radius 2 is 1.91 bits per heavy atom. The molecule has 1 fully saturated rings. The first-order valence-electron chi connectivity index (χ1n) is 8.22. The lowest BCUT2D eigenvalue weighted by molar-refractivity contribution is -0.897. The molecular formula is C17H26N3O2S+. The normalized spacial score (nSPS) is 20.9. The van der Waals surface area contributed by atoms with E-state index in [1.807, 2.05) is 30.0 Å². The minimum atomic E-state index is -0.204. The number of hydrogen-bond donors (Lipinski definition) is 3. The number of carbonyl (C=O) groups is 2. The average Bonchev–Trinajstić information content (AvgIpc) is 2.56. The number of thioether (sulfide) groups is 1. The Labute approximate surface area is 142 Å². The summed E-state index contributed by atoms with van der Waals surface area (Å²) in [4.78, 5) is 25.6. The molecule has 2 rings (SSSR count). The number of amides is 2. The van der Waals surface area contributed by atoms with Crippen molar-refractivity contribution >= 4 is 23.6 Å². The van der Waals surface area contributed by atoms with E-state index in [9.17, 15) is 9.59 Å². The third-order valence-corrected chi connectivity index (χ3v) is 5.26. The standard InChI is InChI=1S/C17H25N3O2S/c18-17(22)14-7-10-20(11-8-14)13-16(21)19-9-4-12-23-15-5-2-1-3-6-15/h1-3,5-6,14H,4,7-13H2,(H2,18,22)(H,19,21)/p+1.